The molecule has 1 heterocycles. The van der Waals surface area contributed by atoms with Crippen LogP contribution in [-0.2, 0) is 16.1 Å². The van der Waals surface area contributed by atoms with Crippen molar-refractivity contribution >= 4 is 29.3 Å². The van der Waals surface area contributed by atoms with Crippen LogP contribution in [0.3, 0.4) is 0 Å². The number of halogens is 1. The first kappa shape index (κ1) is 20.2. The Hall–Kier alpha value is -2.08. The monoisotopic (exact) mass is 393 g/mol. The zero-order valence-corrected chi connectivity index (χ0v) is 16.0. The summed E-state index contributed by atoms with van der Waals surface area (Å²) >= 11 is 7.27. The van der Waals surface area contributed by atoms with Crippen molar-refractivity contribution in [3.63, 3.8) is 0 Å². The first-order valence-corrected chi connectivity index (χ1v) is 9.46. The lowest BCUT2D eigenvalue weighted by molar-refractivity contribution is -0.118. The predicted octanol–water partition coefficient (Wildman–Crippen LogP) is 2.76. The number of nitrogens with zero attached hydrogens (tertiary/aromatic N) is 4. The number of nitrogens with one attached hydrogen (secondary N) is 1. The van der Waals surface area contributed by atoms with Gasteiger partial charge in [0.1, 0.15) is 0 Å². The van der Waals surface area contributed by atoms with Crippen LogP contribution in [0.15, 0.2) is 29.4 Å². The molecule has 1 aromatic heterocycles. The van der Waals surface area contributed by atoms with E-state index in [2.05, 4.69) is 15.5 Å². The predicted molar refractivity (Wildman–Crippen MR) is 101 cm³/mol. The van der Waals surface area contributed by atoms with Crippen LogP contribution < -0.4 is 5.32 Å². The molecule has 0 aliphatic rings. The molecule has 0 unspecified atom stereocenters. The van der Waals surface area contributed by atoms with Gasteiger partial charge in [0, 0.05) is 37.4 Å². The van der Waals surface area contributed by atoms with Crippen LogP contribution in [0.2, 0.25) is 5.02 Å². The third kappa shape index (κ3) is 6.02. The van der Waals surface area contributed by atoms with E-state index in [1.807, 2.05) is 22.8 Å². The zero-order chi connectivity index (χ0) is 18.8. The summed E-state index contributed by atoms with van der Waals surface area (Å²) in [7, 11) is 1.66. The number of thioether (sulfide) groups is 1. The quantitative estimate of drug-likeness (QED) is 0.492. The van der Waals surface area contributed by atoms with Crippen LogP contribution in [-0.4, -0.2) is 46.7 Å². The summed E-state index contributed by atoms with van der Waals surface area (Å²) in [5.74, 6) is 0.809. The molecule has 0 saturated carbocycles. The van der Waals surface area contributed by atoms with Crippen LogP contribution in [0, 0.1) is 11.3 Å². The smallest absolute Gasteiger partial charge is 0.230 e. The fourth-order valence-electron chi connectivity index (χ4n) is 2.22. The molecule has 2 aromatic rings. The van der Waals surface area contributed by atoms with Gasteiger partial charge in [-0.05, 0) is 30.7 Å². The molecule has 1 aromatic carbocycles. The fourth-order valence-corrected chi connectivity index (χ4v) is 3.14. The third-order valence-electron chi connectivity index (χ3n) is 3.44. The molecular formula is C17H20ClN5O2S. The summed E-state index contributed by atoms with van der Waals surface area (Å²) in [6, 6.07) is 9.39. The number of rotatable bonds is 10. The molecule has 0 fully saturated rings. The molecule has 138 valence electrons. The van der Waals surface area contributed by atoms with Crippen molar-refractivity contribution < 1.29 is 9.53 Å². The number of hydrogen-bond donors (Lipinski definition) is 1. The highest BCUT2D eigenvalue weighted by atomic mass is 35.5. The van der Waals surface area contributed by atoms with E-state index < -0.39 is 0 Å². The van der Waals surface area contributed by atoms with Crippen molar-refractivity contribution in [3.05, 3.63) is 29.3 Å². The second kappa shape index (κ2) is 10.8. The van der Waals surface area contributed by atoms with Crippen LogP contribution in [0.1, 0.15) is 12.8 Å². The summed E-state index contributed by atoms with van der Waals surface area (Å²) in [4.78, 5) is 11.8. The topological polar surface area (TPSA) is 92.8 Å². The maximum Gasteiger partial charge on any atom is 0.230 e. The van der Waals surface area contributed by atoms with Gasteiger partial charge in [0.15, 0.2) is 11.0 Å². The fraction of sp³-hybridized carbons (Fsp3) is 0.412. The van der Waals surface area contributed by atoms with Gasteiger partial charge in [-0.1, -0.05) is 23.4 Å². The van der Waals surface area contributed by atoms with Gasteiger partial charge in [0.2, 0.25) is 5.91 Å². The van der Waals surface area contributed by atoms with Crippen LogP contribution >= 0.6 is 23.4 Å². The van der Waals surface area contributed by atoms with Gasteiger partial charge in [-0.15, -0.1) is 10.2 Å². The second-order valence-electron chi connectivity index (χ2n) is 5.36. The number of benzene rings is 1. The number of aromatic nitrogens is 3. The lowest BCUT2D eigenvalue weighted by atomic mass is 10.2. The Bertz CT molecular complexity index is 758. The van der Waals surface area contributed by atoms with Crippen LogP contribution in [0.25, 0.3) is 11.4 Å². The van der Waals surface area contributed by atoms with E-state index in [1.54, 1.807) is 19.2 Å². The Morgan fingerprint density at radius 1 is 1.38 bits per heavy atom. The summed E-state index contributed by atoms with van der Waals surface area (Å²) in [5, 5.41) is 21.0. The van der Waals surface area contributed by atoms with Crippen molar-refractivity contribution in [2.45, 2.75) is 24.5 Å². The van der Waals surface area contributed by atoms with Crippen LogP contribution in [0.4, 0.5) is 0 Å². The molecule has 0 aliphatic heterocycles. The van der Waals surface area contributed by atoms with Crippen molar-refractivity contribution in [3.8, 4) is 17.5 Å². The first-order valence-electron chi connectivity index (χ1n) is 8.10. The normalized spacial score (nSPS) is 10.5. The van der Waals surface area contributed by atoms with Gasteiger partial charge in [0.05, 0.1) is 18.2 Å². The van der Waals surface area contributed by atoms with E-state index in [0.29, 0.717) is 36.3 Å². The van der Waals surface area contributed by atoms with Crippen molar-refractivity contribution in [2.24, 2.45) is 0 Å². The number of amides is 1. The van der Waals surface area contributed by atoms with E-state index in [4.69, 9.17) is 21.6 Å². The average Bonchev–Trinajstić information content (AvgIpc) is 3.04. The number of hydrogen-bond acceptors (Lipinski definition) is 6. The van der Waals surface area contributed by atoms with E-state index in [1.165, 1.54) is 11.8 Å². The highest BCUT2D eigenvalue weighted by molar-refractivity contribution is 7.99. The molecule has 2 rings (SSSR count). The minimum atomic E-state index is -0.135. The molecule has 26 heavy (non-hydrogen) atoms. The zero-order valence-electron chi connectivity index (χ0n) is 14.4. The van der Waals surface area contributed by atoms with E-state index >= 15 is 0 Å². The maximum atomic E-state index is 11.8. The molecule has 0 radical (unpaired) electrons. The molecule has 0 spiro atoms. The summed E-state index contributed by atoms with van der Waals surface area (Å²) in [6.45, 7) is 1.65. The molecule has 0 saturated heterocycles. The lowest BCUT2D eigenvalue weighted by Gasteiger charge is -2.10. The number of carbonyl (C=O) groups is 1. The molecule has 9 heteroatoms. The van der Waals surface area contributed by atoms with Crippen molar-refractivity contribution in [1.29, 1.82) is 5.26 Å². The Kier molecular flexibility index (Phi) is 8.41. The number of methoxy groups -OCH3 is 1. The Labute approximate surface area is 161 Å². The van der Waals surface area contributed by atoms with Gasteiger partial charge >= 0.3 is 0 Å². The number of carbonyl (C=O) groups excluding carboxylic acids is 1. The standard InChI is InChI=1S/C17H20ClN5O2S/c1-25-11-3-10-23-16(13-4-6-14(18)7-5-13)21-22-17(23)26-12-15(24)20-9-2-8-19/h4-7H,2-3,9-12H2,1H3,(H,20,24). The summed E-state index contributed by atoms with van der Waals surface area (Å²) in [5.41, 5.74) is 0.907. The molecule has 0 aliphatic carbocycles. The highest BCUT2D eigenvalue weighted by Gasteiger charge is 2.15. The maximum absolute atomic E-state index is 11.8. The Balaban J connectivity index is 2.11. The molecule has 0 bridgehead atoms. The number of nitriles is 1. The van der Waals surface area contributed by atoms with Gasteiger partial charge in [-0.25, -0.2) is 0 Å². The van der Waals surface area contributed by atoms with E-state index in [9.17, 15) is 4.79 Å². The van der Waals surface area contributed by atoms with Crippen LogP contribution in [0.5, 0.6) is 0 Å². The third-order valence-corrected chi connectivity index (χ3v) is 4.66. The minimum absolute atomic E-state index is 0.135. The van der Waals surface area contributed by atoms with E-state index in [-0.39, 0.29) is 11.7 Å². The molecular weight excluding hydrogens is 374 g/mol. The SMILES string of the molecule is COCCCn1c(SCC(=O)NCCC#N)nnc1-c1ccc(Cl)cc1. The molecule has 7 nitrogen and oxygen atoms in total. The largest absolute Gasteiger partial charge is 0.385 e. The minimum Gasteiger partial charge on any atom is -0.385 e. The van der Waals surface area contributed by atoms with Crippen molar-refractivity contribution in [1.82, 2.24) is 20.1 Å². The Morgan fingerprint density at radius 3 is 2.85 bits per heavy atom. The first-order chi connectivity index (χ1) is 12.7. The highest BCUT2D eigenvalue weighted by Crippen LogP contribution is 2.25. The summed E-state index contributed by atoms with van der Waals surface area (Å²) < 4.78 is 7.11. The van der Waals surface area contributed by atoms with Crippen molar-refractivity contribution in [2.75, 3.05) is 26.0 Å². The summed E-state index contributed by atoms with van der Waals surface area (Å²) in [6.07, 6.45) is 1.10. The lowest BCUT2D eigenvalue weighted by Crippen LogP contribution is -2.26. The number of ether oxygens (including phenoxy) is 1. The van der Waals surface area contributed by atoms with Gasteiger partial charge in [-0.2, -0.15) is 5.26 Å². The second-order valence-corrected chi connectivity index (χ2v) is 6.74. The average molecular weight is 394 g/mol. The van der Waals surface area contributed by atoms with Gasteiger partial charge in [0.25, 0.3) is 0 Å². The molecule has 1 N–H and O–H groups in total. The Morgan fingerprint density at radius 2 is 2.15 bits per heavy atom. The molecule has 0 atom stereocenters. The van der Waals surface area contributed by atoms with Gasteiger partial charge in [-0.3, -0.25) is 4.79 Å². The molecule has 1 amide bonds. The van der Waals surface area contributed by atoms with Gasteiger partial charge < -0.3 is 14.6 Å². The van der Waals surface area contributed by atoms with E-state index in [0.717, 1.165) is 17.8 Å².